The molecule has 0 aliphatic carbocycles. The molecule has 2 atom stereocenters. The van der Waals surface area contributed by atoms with Crippen LogP contribution in [0.5, 0.6) is 0 Å². The molecule has 118 valence electrons. The average Bonchev–Trinajstić information content (AvgIpc) is 2.38. The zero-order valence-corrected chi connectivity index (χ0v) is 13.3. The molecule has 0 aromatic rings. The smallest absolute Gasteiger partial charge is 0.337 e. The quantitative estimate of drug-likeness (QED) is 0.347. The summed E-state index contributed by atoms with van der Waals surface area (Å²) in [6, 6.07) is 0. The fraction of sp³-hybridized carbons (Fsp3) is 0.769. The van der Waals surface area contributed by atoms with Crippen molar-refractivity contribution in [1.82, 2.24) is 0 Å². The van der Waals surface area contributed by atoms with Crippen LogP contribution < -0.4 is 0 Å². The van der Waals surface area contributed by atoms with E-state index in [1.165, 1.54) is 7.11 Å². The summed E-state index contributed by atoms with van der Waals surface area (Å²) >= 11 is 0. The average molecular weight is 308 g/mol. The summed E-state index contributed by atoms with van der Waals surface area (Å²) in [5.41, 5.74) is 0. The fourth-order valence-electron chi connectivity index (χ4n) is 1.51. The highest BCUT2D eigenvalue weighted by molar-refractivity contribution is 7.86. The van der Waals surface area contributed by atoms with Crippen molar-refractivity contribution < 1.29 is 26.9 Å². The van der Waals surface area contributed by atoms with Gasteiger partial charge in [-0.05, 0) is 12.8 Å². The largest absolute Gasteiger partial charge is 0.467 e. The number of rotatable bonds is 10. The minimum Gasteiger partial charge on any atom is -0.467 e. The van der Waals surface area contributed by atoms with Crippen molar-refractivity contribution >= 4 is 16.1 Å². The first-order valence-corrected chi connectivity index (χ1v) is 8.40. The number of ether oxygens (including phenoxy) is 2. The Morgan fingerprint density at radius 1 is 1.25 bits per heavy atom. The molecule has 2 unspecified atom stereocenters. The van der Waals surface area contributed by atoms with Gasteiger partial charge in [-0.15, -0.1) is 0 Å². The van der Waals surface area contributed by atoms with E-state index in [-0.39, 0.29) is 6.61 Å². The Morgan fingerprint density at radius 2 is 1.90 bits per heavy atom. The molecular formula is C13H24O6S. The van der Waals surface area contributed by atoms with Gasteiger partial charge >= 0.3 is 5.97 Å². The molecule has 0 aromatic heterocycles. The van der Waals surface area contributed by atoms with Crippen LogP contribution >= 0.6 is 0 Å². The van der Waals surface area contributed by atoms with Gasteiger partial charge in [-0.25, -0.2) is 4.79 Å². The summed E-state index contributed by atoms with van der Waals surface area (Å²) in [6.07, 6.45) is 4.95. The molecule has 0 radical (unpaired) electrons. The molecule has 0 bridgehead atoms. The highest BCUT2D eigenvalue weighted by atomic mass is 32.2. The van der Waals surface area contributed by atoms with Crippen molar-refractivity contribution in [3.8, 4) is 0 Å². The molecule has 0 aliphatic heterocycles. The Balaban J connectivity index is 4.71. The van der Waals surface area contributed by atoms with Crippen LogP contribution in [-0.2, 0) is 28.6 Å². The topological polar surface area (TPSA) is 78.9 Å². The third-order valence-corrected chi connectivity index (χ3v) is 3.06. The fourth-order valence-corrected chi connectivity index (χ4v) is 2.20. The number of carbonyl (C=O) groups is 1. The van der Waals surface area contributed by atoms with E-state index < -0.39 is 28.3 Å². The lowest BCUT2D eigenvalue weighted by molar-refractivity contribution is -0.159. The van der Waals surface area contributed by atoms with Crippen LogP contribution in [0.4, 0.5) is 0 Å². The molecule has 0 amide bonds. The summed E-state index contributed by atoms with van der Waals surface area (Å²) in [5, 5.41) is 0. The van der Waals surface area contributed by atoms with Crippen LogP contribution in [0, 0.1) is 0 Å². The van der Waals surface area contributed by atoms with Crippen LogP contribution in [0.25, 0.3) is 0 Å². The van der Waals surface area contributed by atoms with E-state index in [0.717, 1.165) is 19.1 Å². The van der Waals surface area contributed by atoms with E-state index in [0.29, 0.717) is 6.42 Å². The van der Waals surface area contributed by atoms with Crippen molar-refractivity contribution in [1.29, 1.82) is 0 Å². The number of unbranched alkanes of at least 4 members (excludes halogenated alkanes) is 1. The Bertz CT molecular complexity index is 401. The zero-order valence-electron chi connectivity index (χ0n) is 12.5. The SMILES string of the molecule is CCC/C=C\COC(C(=O)OC)C(CC)OS(C)(=O)=O. The number of allylic oxidation sites excluding steroid dienone is 1. The van der Waals surface area contributed by atoms with Crippen LogP contribution in [0.3, 0.4) is 0 Å². The molecule has 0 saturated heterocycles. The summed E-state index contributed by atoms with van der Waals surface area (Å²) in [5.74, 6) is -0.649. The molecule has 0 aromatic carbocycles. The van der Waals surface area contributed by atoms with E-state index in [9.17, 15) is 13.2 Å². The van der Waals surface area contributed by atoms with E-state index in [1.807, 2.05) is 6.08 Å². The maximum absolute atomic E-state index is 11.7. The van der Waals surface area contributed by atoms with Gasteiger partial charge < -0.3 is 9.47 Å². The summed E-state index contributed by atoms with van der Waals surface area (Å²) in [6.45, 7) is 3.96. The molecular weight excluding hydrogens is 284 g/mol. The Hall–Kier alpha value is -0.920. The minimum absolute atomic E-state index is 0.198. The van der Waals surface area contributed by atoms with Crippen LogP contribution in [0.15, 0.2) is 12.2 Å². The molecule has 0 rings (SSSR count). The summed E-state index contributed by atoms with van der Waals surface area (Å²) < 4.78 is 37.3. The standard InChI is InChI=1S/C13H24O6S/c1-5-7-8-9-10-18-12(13(14)17-3)11(6-2)19-20(4,15)16/h8-9,11-12H,5-7,10H2,1-4H3/b9-8-. The number of carbonyl (C=O) groups excluding carboxylic acids is 1. The van der Waals surface area contributed by atoms with Gasteiger partial charge in [0.05, 0.1) is 20.0 Å². The third-order valence-electron chi connectivity index (χ3n) is 2.47. The van der Waals surface area contributed by atoms with Gasteiger partial charge in [0.2, 0.25) is 0 Å². The lowest BCUT2D eigenvalue weighted by Crippen LogP contribution is -2.40. The van der Waals surface area contributed by atoms with E-state index >= 15 is 0 Å². The summed E-state index contributed by atoms with van der Waals surface area (Å²) in [7, 11) is -2.45. The molecule has 0 N–H and O–H groups in total. The first-order chi connectivity index (χ1) is 9.35. The number of esters is 1. The normalized spacial score (nSPS) is 15.2. The van der Waals surface area contributed by atoms with Gasteiger partial charge in [0, 0.05) is 0 Å². The number of hydrogen-bond acceptors (Lipinski definition) is 6. The zero-order chi connectivity index (χ0) is 15.6. The second kappa shape index (κ2) is 9.90. The van der Waals surface area contributed by atoms with E-state index in [1.54, 1.807) is 13.0 Å². The van der Waals surface area contributed by atoms with Crippen LogP contribution in [0.2, 0.25) is 0 Å². The Morgan fingerprint density at radius 3 is 2.35 bits per heavy atom. The third kappa shape index (κ3) is 8.29. The van der Waals surface area contributed by atoms with Crippen molar-refractivity contribution in [3.05, 3.63) is 12.2 Å². The minimum atomic E-state index is -3.67. The van der Waals surface area contributed by atoms with Gasteiger partial charge in [0.1, 0.15) is 6.10 Å². The molecule has 7 heteroatoms. The highest BCUT2D eigenvalue weighted by Crippen LogP contribution is 2.13. The van der Waals surface area contributed by atoms with E-state index in [2.05, 4.69) is 11.7 Å². The van der Waals surface area contributed by atoms with Gasteiger partial charge in [-0.3, -0.25) is 4.18 Å². The van der Waals surface area contributed by atoms with Gasteiger partial charge in [0.15, 0.2) is 6.10 Å². The maximum Gasteiger partial charge on any atom is 0.337 e. The first-order valence-electron chi connectivity index (χ1n) is 6.58. The summed E-state index contributed by atoms with van der Waals surface area (Å²) in [4.78, 5) is 11.7. The lowest BCUT2D eigenvalue weighted by Gasteiger charge is -2.22. The predicted molar refractivity (Wildman–Crippen MR) is 75.8 cm³/mol. The monoisotopic (exact) mass is 308 g/mol. The van der Waals surface area contributed by atoms with Crippen molar-refractivity contribution in [2.24, 2.45) is 0 Å². The molecule has 20 heavy (non-hydrogen) atoms. The predicted octanol–water partition coefficient (Wildman–Crippen LogP) is 1.66. The first kappa shape index (κ1) is 19.1. The van der Waals surface area contributed by atoms with Gasteiger partial charge in [0.25, 0.3) is 10.1 Å². The Kier molecular flexibility index (Phi) is 9.45. The molecule has 0 spiro atoms. The maximum atomic E-state index is 11.7. The second-order valence-electron chi connectivity index (χ2n) is 4.28. The van der Waals surface area contributed by atoms with Gasteiger partial charge in [-0.2, -0.15) is 8.42 Å². The van der Waals surface area contributed by atoms with Crippen LogP contribution in [-0.4, -0.2) is 46.6 Å². The van der Waals surface area contributed by atoms with E-state index in [4.69, 9.17) is 8.92 Å². The second-order valence-corrected chi connectivity index (χ2v) is 5.88. The molecule has 0 saturated carbocycles. The van der Waals surface area contributed by atoms with Crippen molar-refractivity contribution in [2.45, 2.75) is 45.3 Å². The van der Waals surface area contributed by atoms with Crippen LogP contribution in [0.1, 0.15) is 33.1 Å². The van der Waals surface area contributed by atoms with Crippen molar-refractivity contribution in [2.75, 3.05) is 20.0 Å². The molecule has 0 heterocycles. The number of hydrogen-bond donors (Lipinski definition) is 0. The Labute approximate surface area is 121 Å². The highest BCUT2D eigenvalue weighted by Gasteiger charge is 2.32. The number of methoxy groups -OCH3 is 1. The van der Waals surface area contributed by atoms with Gasteiger partial charge in [-0.1, -0.05) is 32.4 Å². The molecule has 6 nitrogen and oxygen atoms in total. The molecule has 0 aliphatic rings. The lowest BCUT2D eigenvalue weighted by atomic mass is 10.1. The van der Waals surface area contributed by atoms with Crippen molar-refractivity contribution in [3.63, 3.8) is 0 Å². The molecule has 0 fully saturated rings.